The summed E-state index contributed by atoms with van der Waals surface area (Å²) in [4.78, 5) is 23.4. The molecule has 0 bridgehead atoms. The molecule has 0 heterocycles. The summed E-state index contributed by atoms with van der Waals surface area (Å²) in [5, 5.41) is 2.98. The van der Waals surface area contributed by atoms with Crippen LogP contribution in [-0.2, 0) is 9.59 Å². The van der Waals surface area contributed by atoms with E-state index in [1.165, 1.54) is 0 Å². The molecule has 0 aliphatic heterocycles. The third-order valence-corrected chi connectivity index (χ3v) is 3.41. The normalized spacial score (nSPS) is 12.3. The van der Waals surface area contributed by atoms with E-state index in [9.17, 15) is 9.59 Å². The van der Waals surface area contributed by atoms with Gasteiger partial charge in [-0.15, -0.1) is 0 Å². The maximum Gasteiger partial charge on any atom is 0.220 e. The molecule has 21 heavy (non-hydrogen) atoms. The fraction of sp³-hybridized carbons (Fsp3) is 0.889. The number of Topliss-reactive ketones (excluding diaryl/α,β-unsaturated/α-hetero) is 1. The van der Waals surface area contributed by atoms with Crippen LogP contribution in [0, 0.1) is 5.41 Å². The van der Waals surface area contributed by atoms with Crippen LogP contribution in [0.3, 0.4) is 0 Å². The minimum absolute atomic E-state index is 0.128. The molecular formula is C18H35NO2. The van der Waals surface area contributed by atoms with Crippen LogP contribution < -0.4 is 5.32 Å². The van der Waals surface area contributed by atoms with Gasteiger partial charge in [0.25, 0.3) is 0 Å². The van der Waals surface area contributed by atoms with E-state index < -0.39 is 0 Å². The topological polar surface area (TPSA) is 46.2 Å². The van der Waals surface area contributed by atoms with Gasteiger partial charge in [-0.1, -0.05) is 46.5 Å². The molecule has 0 rings (SSSR count). The van der Waals surface area contributed by atoms with Crippen molar-refractivity contribution in [2.45, 2.75) is 98.4 Å². The lowest BCUT2D eigenvalue weighted by Crippen LogP contribution is -2.40. The van der Waals surface area contributed by atoms with Crippen molar-refractivity contribution in [1.29, 1.82) is 0 Å². The van der Waals surface area contributed by atoms with Gasteiger partial charge in [0.1, 0.15) is 5.78 Å². The number of carbonyl (C=O) groups excluding carboxylic acids is 2. The highest BCUT2D eigenvalue weighted by Gasteiger charge is 2.19. The summed E-state index contributed by atoms with van der Waals surface area (Å²) in [5.74, 6) is 0.514. The summed E-state index contributed by atoms with van der Waals surface area (Å²) in [6.07, 6.45) is 7.84. The molecule has 3 nitrogen and oxygen atoms in total. The Morgan fingerprint density at radius 3 is 1.57 bits per heavy atom. The number of nitrogens with one attached hydrogen (secondary N) is 1. The van der Waals surface area contributed by atoms with Gasteiger partial charge in [-0.3, -0.25) is 9.59 Å². The van der Waals surface area contributed by atoms with E-state index in [0.717, 1.165) is 38.5 Å². The van der Waals surface area contributed by atoms with E-state index in [1.807, 2.05) is 41.5 Å². The van der Waals surface area contributed by atoms with Crippen molar-refractivity contribution in [3.05, 3.63) is 0 Å². The third-order valence-electron chi connectivity index (χ3n) is 3.41. The van der Waals surface area contributed by atoms with Gasteiger partial charge in [0.05, 0.1) is 0 Å². The van der Waals surface area contributed by atoms with Crippen LogP contribution in [0.5, 0.6) is 0 Å². The Labute approximate surface area is 131 Å². The van der Waals surface area contributed by atoms with Crippen molar-refractivity contribution in [1.82, 2.24) is 5.32 Å². The number of amides is 1. The highest BCUT2D eigenvalue weighted by Crippen LogP contribution is 2.19. The Morgan fingerprint density at radius 2 is 1.14 bits per heavy atom. The van der Waals surface area contributed by atoms with E-state index in [0.29, 0.717) is 18.6 Å². The summed E-state index contributed by atoms with van der Waals surface area (Å²) in [7, 11) is 0. The molecule has 0 unspecified atom stereocenters. The Balaban J connectivity index is 3.46. The molecule has 0 spiro atoms. The van der Waals surface area contributed by atoms with Crippen molar-refractivity contribution in [3.63, 3.8) is 0 Å². The second kappa shape index (κ2) is 9.22. The molecule has 124 valence electrons. The highest BCUT2D eigenvalue weighted by molar-refractivity contribution is 5.83. The van der Waals surface area contributed by atoms with Gasteiger partial charge in [-0.25, -0.2) is 0 Å². The van der Waals surface area contributed by atoms with Gasteiger partial charge in [-0.05, 0) is 33.6 Å². The average Bonchev–Trinajstić information content (AvgIpc) is 2.28. The second-order valence-corrected chi connectivity index (χ2v) is 8.09. The number of unbranched alkanes of at least 4 members (excludes halogenated alkanes) is 5. The molecule has 0 saturated carbocycles. The zero-order valence-corrected chi connectivity index (χ0v) is 15.0. The lowest BCUT2D eigenvalue weighted by atomic mass is 9.88. The van der Waals surface area contributed by atoms with Crippen LogP contribution in [0.1, 0.15) is 92.9 Å². The van der Waals surface area contributed by atoms with Crippen molar-refractivity contribution in [2.24, 2.45) is 5.41 Å². The van der Waals surface area contributed by atoms with Crippen LogP contribution in [0.25, 0.3) is 0 Å². The predicted octanol–water partition coefficient (Wildman–Crippen LogP) is 4.64. The van der Waals surface area contributed by atoms with Crippen molar-refractivity contribution < 1.29 is 9.59 Å². The Hall–Kier alpha value is -0.860. The molecule has 3 heteroatoms. The first-order chi connectivity index (χ1) is 9.52. The molecule has 0 aromatic heterocycles. The van der Waals surface area contributed by atoms with Crippen LogP contribution in [0.4, 0.5) is 0 Å². The van der Waals surface area contributed by atoms with Gasteiger partial charge in [0.2, 0.25) is 5.91 Å². The lowest BCUT2D eigenvalue weighted by Gasteiger charge is -2.20. The first kappa shape index (κ1) is 20.1. The quantitative estimate of drug-likeness (QED) is 0.630. The Bertz CT molecular complexity index is 321. The molecule has 0 aliphatic rings. The van der Waals surface area contributed by atoms with E-state index in [2.05, 4.69) is 5.32 Å². The summed E-state index contributed by atoms with van der Waals surface area (Å²) in [6.45, 7) is 12.0. The lowest BCUT2D eigenvalue weighted by molar-refractivity contribution is -0.126. The van der Waals surface area contributed by atoms with Gasteiger partial charge in [-0.2, -0.15) is 0 Å². The van der Waals surface area contributed by atoms with Gasteiger partial charge < -0.3 is 5.32 Å². The minimum atomic E-state index is -0.194. The fourth-order valence-electron chi connectivity index (χ4n) is 2.13. The van der Waals surface area contributed by atoms with Gasteiger partial charge in [0, 0.05) is 23.8 Å². The second-order valence-electron chi connectivity index (χ2n) is 8.09. The smallest absolute Gasteiger partial charge is 0.220 e. The molecule has 0 atom stereocenters. The zero-order valence-electron chi connectivity index (χ0n) is 15.0. The number of rotatable bonds is 9. The molecular weight excluding hydrogens is 262 g/mol. The van der Waals surface area contributed by atoms with Gasteiger partial charge >= 0.3 is 0 Å². The first-order valence-electron chi connectivity index (χ1n) is 8.37. The van der Waals surface area contributed by atoms with Crippen LogP contribution in [-0.4, -0.2) is 17.2 Å². The number of hydrogen-bond acceptors (Lipinski definition) is 2. The highest BCUT2D eigenvalue weighted by atomic mass is 16.1. The Morgan fingerprint density at radius 1 is 0.714 bits per heavy atom. The van der Waals surface area contributed by atoms with Crippen molar-refractivity contribution >= 4 is 11.7 Å². The number of hydrogen-bond donors (Lipinski definition) is 1. The minimum Gasteiger partial charge on any atom is -0.352 e. The summed E-state index contributed by atoms with van der Waals surface area (Å²) < 4.78 is 0. The molecule has 0 fully saturated rings. The van der Waals surface area contributed by atoms with E-state index >= 15 is 0 Å². The monoisotopic (exact) mass is 297 g/mol. The van der Waals surface area contributed by atoms with Crippen LogP contribution in [0.2, 0.25) is 0 Å². The number of ketones is 1. The summed E-state index contributed by atoms with van der Waals surface area (Å²) in [5.41, 5.74) is -0.322. The zero-order chi connectivity index (χ0) is 16.5. The third kappa shape index (κ3) is 12.6. The summed E-state index contributed by atoms with van der Waals surface area (Å²) >= 11 is 0. The molecule has 0 aromatic carbocycles. The van der Waals surface area contributed by atoms with Crippen molar-refractivity contribution in [2.75, 3.05) is 0 Å². The van der Waals surface area contributed by atoms with Crippen molar-refractivity contribution in [3.8, 4) is 0 Å². The molecule has 0 aliphatic carbocycles. The predicted molar refractivity (Wildman–Crippen MR) is 89.3 cm³/mol. The fourth-order valence-corrected chi connectivity index (χ4v) is 2.13. The molecule has 1 N–H and O–H groups in total. The van der Waals surface area contributed by atoms with Crippen LogP contribution in [0.15, 0.2) is 0 Å². The van der Waals surface area contributed by atoms with E-state index in [4.69, 9.17) is 0 Å². The maximum absolute atomic E-state index is 11.7. The molecule has 0 saturated heterocycles. The van der Waals surface area contributed by atoms with E-state index in [1.54, 1.807) is 0 Å². The standard InChI is InChI=1S/C18H35NO2/c1-17(2,3)15(20)13-11-9-7-8-10-12-14-16(21)19-18(4,5)6/h7-14H2,1-6H3,(H,19,21). The molecule has 1 amide bonds. The number of carbonyl (C=O) groups is 2. The largest absolute Gasteiger partial charge is 0.352 e. The van der Waals surface area contributed by atoms with Gasteiger partial charge in [0.15, 0.2) is 0 Å². The van der Waals surface area contributed by atoms with E-state index in [-0.39, 0.29) is 16.9 Å². The maximum atomic E-state index is 11.7. The molecule has 0 aromatic rings. The first-order valence-corrected chi connectivity index (χ1v) is 8.37. The Kier molecular flexibility index (Phi) is 8.84. The summed E-state index contributed by atoms with van der Waals surface area (Å²) in [6, 6.07) is 0. The average molecular weight is 297 g/mol. The SMILES string of the molecule is CC(C)(C)NC(=O)CCCCCCCCC(=O)C(C)(C)C. The molecule has 0 radical (unpaired) electrons. The van der Waals surface area contributed by atoms with Crippen LogP contribution >= 0.6 is 0 Å².